The predicted octanol–water partition coefficient (Wildman–Crippen LogP) is 3.40. The molecule has 0 fully saturated rings. The molecule has 18 nitrogen and oxygen atoms in total. The van der Waals surface area contributed by atoms with Gasteiger partial charge in [0.25, 0.3) is 0 Å². The SMILES string of the molecule is C=c1\c(=C/C=C/C=C/C=C/C2=[N+](CCCCC(=O)NC(CC(=O)O)C(=O)O)c3ccc(C(=O)O)cc3C2(C)C)n(CCCCC(=O)NC(CC(=O)O)C(=O)O)c2ccc(C(=O)O)cc12. The van der Waals surface area contributed by atoms with E-state index in [1.807, 2.05) is 41.2 Å². The molecule has 0 aliphatic carbocycles. The molecule has 1 aliphatic rings. The fraction of sp³-hybridized carbons (Fsp3) is 0.326. The summed E-state index contributed by atoms with van der Waals surface area (Å²) in [6, 6.07) is 6.50. The number of aliphatic carboxylic acids is 4. The van der Waals surface area contributed by atoms with Crippen LogP contribution in [-0.4, -0.2) is 112 Å². The first-order valence-electron chi connectivity index (χ1n) is 20.3. The second kappa shape index (κ2) is 21.9. The first-order valence-corrected chi connectivity index (χ1v) is 20.3. The number of fused-ring (bicyclic) bond motifs is 2. The number of aryl methyl sites for hydroxylation is 1. The Morgan fingerprint density at radius 2 is 1.23 bits per heavy atom. The quantitative estimate of drug-likeness (QED) is 0.0364. The zero-order chi connectivity index (χ0) is 47.3. The lowest BCUT2D eigenvalue weighted by Gasteiger charge is -2.15. The van der Waals surface area contributed by atoms with Gasteiger partial charge in [-0.05, 0) is 69.5 Å². The Morgan fingerprint density at radius 3 is 1.80 bits per heavy atom. The number of nitrogens with one attached hydrogen (secondary N) is 2. The van der Waals surface area contributed by atoms with Crippen molar-refractivity contribution in [2.24, 2.45) is 0 Å². The highest BCUT2D eigenvalue weighted by Crippen LogP contribution is 2.40. The Kier molecular flexibility index (Phi) is 16.8. The van der Waals surface area contributed by atoms with Crippen LogP contribution in [0.4, 0.5) is 5.69 Å². The van der Waals surface area contributed by atoms with Crippen LogP contribution in [0, 0.1) is 0 Å². The third-order valence-electron chi connectivity index (χ3n) is 10.6. The molecule has 2 atom stereocenters. The minimum absolute atomic E-state index is 0.0325. The minimum atomic E-state index is -1.55. The molecule has 0 spiro atoms. The van der Waals surface area contributed by atoms with Crippen molar-refractivity contribution in [3.8, 4) is 0 Å². The molecule has 0 radical (unpaired) electrons. The number of carbonyl (C=O) groups is 8. The maximum atomic E-state index is 12.4. The van der Waals surface area contributed by atoms with Crippen molar-refractivity contribution in [3.63, 3.8) is 0 Å². The number of benzene rings is 2. The van der Waals surface area contributed by atoms with E-state index in [0.717, 1.165) is 17.0 Å². The number of nitrogens with zero attached hydrogens (tertiary/aromatic N) is 2. The van der Waals surface area contributed by atoms with E-state index in [4.69, 9.17) is 10.2 Å². The van der Waals surface area contributed by atoms with Gasteiger partial charge in [-0.1, -0.05) is 37.0 Å². The van der Waals surface area contributed by atoms with E-state index >= 15 is 0 Å². The van der Waals surface area contributed by atoms with Crippen molar-refractivity contribution in [3.05, 3.63) is 100 Å². The molecule has 1 aromatic heterocycles. The zero-order valence-corrected chi connectivity index (χ0v) is 35.3. The van der Waals surface area contributed by atoms with Crippen LogP contribution < -0.4 is 21.2 Å². The minimum Gasteiger partial charge on any atom is -0.481 e. The summed E-state index contributed by atoms with van der Waals surface area (Å²) < 4.78 is 3.99. The second-order valence-electron chi connectivity index (χ2n) is 15.6. The molecule has 2 heterocycles. The van der Waals surface area contributed by atoms with Crippen LogP contribution in [0.3, 0.4) is 0 Å². The Morgan fingerprint density at radius 1 is 0.703 bits per heavy atom. The van der Waals surface area contributed by atoms with Gasteiger partial charge < -0.3 is 45.8 Å². The lowest BCUT2D eigenvalue weighted by molar-refractivity contribution is -0.438. The molecule has 0 bridgehead atoms. The van der Waals surface area contributed by atoms with E-state index in [0.29, 0.717) is 60.2 Å². The van der Waals surface area contributed by atoms with Gasteiger partial charge in [-0.25, -0.2) is 19.2 Å². The molecule has 338 valence electrons. The smallest absolute Gasteiger partial charge is 0.335 e. The molecule has 2 unspecified atom stereocenters. The molecular weight excluding hydrogens is 833 g/mol. The van der Waals surface area contributed by atoms with Crippen LogP contribution in [0.1, 0.15) is 91.5 Å². The fourth-order valence-corrected chi connectivity index (χ4v) is 7.44. The molecule has 64 heavy (non-hydrogen) atoms. The molecule has 2 aromatic carbocycles. The largest absolute Gasteiger partial charge is 0.481 e. The zero-order valence-electron chi connectivity index (χ0n) is 35.3. The van der Waals surface area contributed by atoms with E-state index in [1.54, 1.807) is 42.5 Å². The number of hydrogen-bond acceptors (Lipinski definition) is 8. The van der Waals surface area contributed by atoms with Crippen molar-refractivity contribution in [2.45, 2.75) is 89.3 Å². The molecule has 3 aromatic rings. The number of carboxylic acid groups (broad SMARTS) is 6. The average molecular weight is 884 g/mol. The van der Waals surface area contributed by atoms with E-state index in [9.17, 15) is 58.8 Å². The highest BCUT2D eigenvalue weighted by Gasteiger charge is 2.44. The first-order chi connectivity index (χ1) is 30.2. The van der Waals surface area contributed by atoms with E-state index < -0.39 is 78.0 Å². The van der Waals surface area contributed by atoms with Gasteiger partial charge in [0.2, 0.25) is 17.5 Å². The van der Waals surface area contributed by atoms with Crippen molar-refractivity contribution in [2.75, 3.05) is 6.54 Å². The Labute approximate surface area is 366 Å². The van der Waals surface area contributed by atoms with E-state index in [2.05, 4.69) is 17.2 Å². The van der Waals surface area contributed by atoms with Gasteiger partial charge in [-0.3, -0.25) is 19.2 Å². The lowest BCUT2D eigenvalue weighted by Crippen LogP contribution is -2.42. The van der Waals surface area contributed by atoms with Gasteiger partial charge >= 0.3 is 35.8 Å². The van der Waals surface area contributed by atoms with Gasteiger partial charge in [0.05, 0.1) is 29.4 Å². The van der Waals surface area contributed by atoms with Crippen LogP contribution in [0.2, 0.25) is 0 Å². The number of aromatic nitrogens is 1. The fourth-order valence-electron chi connectivity index (χ4n) is 7.44. The average Bonchev–Trinajstić information content (AvgIpc) is 3.60. The number of carboxylic acids is 6. The van der Waals surface area contributed by atoms with E-state index in [1.165, 1.54) is 18.2 Å². The maximum absolute atomic E-state index is 12.4. The van der Waals surface area contributed by atoms with Crippen LogP contribution in [0.25, 0.3) is 23.6 Å². The van der Waals surface area contributed by atoms with Crippen LogP contribution >= 0.6 is 0 Å². The van der Waals surface area contributed by atoms with Gasteiger partial charge in [0.15, 0.2) is 5.71 Å². The molecule has 0 saturated heterocycles. The normalized spacial score (nSPS) is 14.6. The molecule has 18 heteroatoms. The standard InChI is InChI=1S/C46H50N4O14/c1-27-30-23-28(42(57)58)17-19-35(30)49(21-11-9-15-38(51)47-32(44(61)62)25-40(53)54)34(27)13-7-5-4-6-8-14-37-46(2,3)31-24-29(43(59)60)18-20-36(31)50(37)22-12-10-16-39(52)48-33(45(63)64)26-41(55)56/h4-8,13-14,17-20,23-24,32-33H,1,9-12,15-16,21-22,25-26H2,2-3H3,(H7-,47,48,51,52,53,54,55,56,57,58,59,60,61,62,63,64)/p+1. The summed E-state index contributed by atoms with van der Waals surface area (Å²) in [6.45, 7) is 8.98. The molecular formula is C46H51N4O14+. The van der Waals surface area contributed by atoms with Gasteiger partial charge in [-0.15, -0.1) is 0 Å². The third kappa shape index (κ3) is 12.7. The second-order valence-corrected chi connectivity index (χ2v) is 15.6. The topological polar surface area (TPSA) is 290 Å². The molecule has 4 rings (SSSR count). The molecule has 1 aliphatic heterocycles. The highest BCUT2D eigenvalue weighted by atomic mass is 16.4. The highest BCUT2D eigenvalue weighted by molar-refractivity contribution is 6.04. The molecule has 0 saturated carbocycles. The molecule has 2 amide bonds. The number of amides is 2. The summed E-state index contributed by atoms with van der Waals surface area (Å²) in [5.41, 5.74) is 2.75. The molecule has 8 N–H and O–H groups in total. The van der Waals surface area contributed by atoms with Crippen LogP contribution in [0.15, 0.2) is 72.9 Å². The monoisotopic (exact) mass is 883 g/mol. The summed E-state index contributed by atoms with van der Waals surface area (Å²) in [7, 11) is 0. The van der Waals surface area contributed by atoms with Crippen molar-refractivity contribution >= 4 is 82.6 Å². The Bertz CT molecular complexity index is 2600. The third-order valence-corrected chi connectivity index (χ3v) is 10.6. The predicted molar refractivity (Wildman–Crippen MR) is 233 cm³/mol. The number of aromatic carboxylic acids is 2. The maximum Gasteiger partial charge on any atom is 0.335 e. The number of allylic oxidation sites excluding steroid dienone is 6. The van der Waals surface area contributed by atoms with Crippen molar-refractivity contribution in [1.82, 2.24) is 15.2 Å². The number of unbranched alkanes of at least 4 members (excludes halogenated alkanes) is 2. The Balaban J connectivity index is 1.53. The number of carbonyl (C=O) groups excluding carboxylic acids is 2. The lowest BCUT2D eigenvalue weighted by atomic mass is 9.81. The van der Waals surface area contributed by atoms with Gasteiger partial charge in [0, 0.05) is 65.0 Å². The van der Waals surface area contributed by atoms with Gasteiger partial charge in [-0.2, -0.15) is 4.58 Å². The van der Waals surface area contributed by atoms with Crippen LogP contribution in [0.5, 0.6) is 0 Å². The summed E-state index contributed by atoms with van der Waals surface area (Å²) in [4.78, 5) is 93.2. The van der Waals surface area contributed by atoms with E-state index in [-0.39, 0.29) is 24.0 Å². The van der Waals surface area contributed by atoms with Gasteiger partial charge in [0.1, 0.15) is 18.6 Å². The number of rotatable bonds is 24. The summed E-state index contributed by atoms with van der Waals surface area (Å²) >= 11 is 0. The summed E-state index contributed by atoms with van der Waals surface area (Å²) in [5, 5.41) is 62.1. The summed E-state index contributed by atoms with van der Waals surface area (Å²) in [6.07, 6.45) is 12.8. The van der Waals surface area contributed by atoms with Crippen molar-refractivity contribution < 1.29 is 73.6 Å². The first kappa shape index (κ1) is 49.0. The Hall–Kier alpha value is -7.63. The summed E-state index contributed by atoms with van der Waals surface area (Å²) in [5.74, 6) is -8.97. The van der Waals surface area contributed by atoms with Crippen molar-refractivity contribution in [1.29, 1.82) is 0 Å². The number of hydrogen-bond donors (Lipinski definition) is 8. The van der Waals surface area contributed by atoms with Crippen LogP contribution in [-0.2, 0) is 40.7 Å².